The molecule has 10 heteroatoms. The molecular weight excluding hydrogens is 428 g/mol. The Labute approximate surface area is 178 Å². The first kappa shape index (κ1) is 18.6. The van der Waals surface area contributed by atoms with Crippen LogP contribution in [0.5, 0.6) is 0 Å². The van der Waals surface area contributed by atoms with Crippen molar-refractivity contribution in [2.45, 2.75) is 6.67 Å². The molecule has 150 valence electrons. The molecule has 0 saturated heterocycles. The first-order chi connectivity index (χ1) is 14.4. The van der Waals surface area contributed by atoms with Crippen molar-refractivity contribution in [3.63, 3.8) is 0 Å². The molecule has 0 unspecified atom stereocenters. The van der Waals surface area contributed by atoms with Crippen molar-refractivity contribution in [3.05, 3.63) is 78.3 Å². The van der Waals surface area contributed by atoms with Crippen LogP contribution in [-0.4, -0.2) is 23.1 Å². The second-order valence-corrected chi connectivity index (χ2v) is 8.20. The predicted octanol–water partition coefficient (Wildman–Crippen LogP) is 0.133. The average Bonchev–Trinajstić information content (AvgIpc) is 3.23. The van der Waals surface area contributed by atoms with E-state index in [1.165, 1.54) is 16.7 Å². The molecule has 1 amide bonds. The van der Waals surface area contributed by atoms with E-state index in [2.05, 4.69) is 10.3 Å². The van der Waals surface area contributed by atoms with Crippen LogP contribution in [-0.2, 0) is 11.5 Å². The molecule has 2 aromatic carbocycles. The summed E-state index contributed by atoms with van der Waals surface area (Å²) in [5, 5.41) is 14.4. The highest BCUT2D eigenvalue weighted by atomic mass is 35.5. The van der Waals surface area contributed by atoms with Crippen LogP contribution in [0.2, 0.25) is 5.02 Å². The Morgan fingerprint density at radius 3 is 2.83 bits per heavy atom. The fourth-order valence-corrected chi connectivity index (χ4v) is 4.75. The maximum Gasteiger partial charge on any atom is 0.272 e. The van der Waals surface area contributed by atoms with Crippen LogP contribution in [0.4, 0.5) is 11.4 Å². The van der Waals surface area contributed by atoms with Crippen molar-refractivity contribution in [1.29, 1.82) is 0 Å². The predicted molar refractivity (Wildman–Crippen MR) is 110 cm³/mol. The van der Waals surface area contributed by atoms with Gasteiger partial charge in [0.15, 0.2) is 4.80 Å². The number of fused-ring (bicyclic) bond motifs is 2. The summed E-state index contributed by atoms with van der Waals surface area (Å²) >= 11 is 7.23. The number of carboxylic acids is 1. The number of hydrogen-bond donors (Lipinski definition) is 1. The molecule has 8 nitrogen and oxygen atoms in total. The van der Waals surface area contributed by atoms with Crippen LogP contribution in [0.25, 0.3) is 5.57 Å². The number of anilines is 2. The fraction of sp³-hybridized carbons (Fsp3) is 0.100. The van der Waals surface area contributed by atoms with Crippen LogP contribution in [0, 0.1) is 0 Å². The Bertz CT molecular complexity index is 1430. The number of carbonyl (C=O) groups is 2. The van der Waals surface area contributed by atoms with E-state index in [1.54, 1.807) is 35.2 Å². The number of nitrogens with one attached hydrogen (secondary N) is 1. The Hall–Kier alpha value is -3.43. The lowest BCUT2D eigenvalue weighted by Gasteiger charge is -2.26. The molecule has 1 N–H and O–H groups in total. The van der Waals surface area contributed by atoms with Gasteiger partial charge in [-0.25, -0.2) is 4.99 Å². The van der Waals surface area contributed by atoms with E-state index in [1.807, 2.05) is 0 Å². The molecular formula is C20H12ClN4O4S-. The molecule has 3 heterocycles. The molecule has 0 atom stereocenters. The summed E-state index contributed by atoms with van der Waals surface area (Å²) in [5.41, 5.74) is 1.79. The number of carboxylic acid groups (broad SMARTS) is 1. The van der Waals surface area contributed by atoms with Crippen LogP contribution in [0.3, 0.4) is 0 Å². The third-order valence-electron chi connectivity index (χ3n) is 4.95. The minimum absolute atomic E-state index is 0.0447. The summed E-state index contributed by atoms with van der Waals surface area (Å²) in [7, 11) is 0. The van der Waals surface area contributed by atoms with E-state index in [4.69, 9.17) is 11.6 Å². The van der Waals surface area contributed by atoms with E-state index >= 15 is 0 Å². The van der Waals surface area contributed by atoms with Gasteiger partial charge in [-0.05, 0) is 35.9 Å². The summed E-state index contributed by atoms with van der Waals surface area (Å²) in [6.07, 6.45) is 0. The van der Waals surface area contributed by atoms with Crippen molar-refractivity contribution in [2.24, 2.45) is 4.99 Å². The van der Waals surface area contributed by atoms with Gasteiger partial charge in [0, 0.05) is 22.0 Å². The number of carbonyl (C=O) groups excluding carboxylic acids is 2. The van der Waals surface area contributed by atoms with Gasteiger partial charge in [-0.1, -0.05) is 35.1 Å². The van der Waals surface area contributed by atoms with E-state index in [9.17, 15) is 19.5 Å². The van der Waals surface area contributed by atoms with Crippen molar-refractivity contribution >= 4 is 51.8 Å². The first-order valence-electron chi connectivity index (χ1n) is 8.88. The van der Waals surface area contributed by atoms with Crippen LogP contribution >= 0.6 is 22.9 Å². The van der Waals surface area contributed by atoms with Crippen molar-refractivity contribution in [1.82, 2.24) is 4.57 Å². The summed E-state index contributed by atoms with van der Waals surface area (Å²) in [6, 6.07) is 11.3. The zero-order chi connectivity index (χ0) is 21.0. The SMILES string of the molecule is O=C1Nc2ccc(Cl)cc2/C1=c1/sc2n(c1=O)CN(c1cccc(C(=O)[O-])c1)CN=2. The van der Waals surface area contributed by atoms with Gasteiger partial charge in [0.25, 0.3) is 11.5 Å². The smallest absolute Gasteiger partial charge is 0.272 e. The minimum Gasteiger partial charge on any atom is -0.545 e. The monoisotopic (exact) mass is 439 g/mol. The maximum atomic E-state index is 13.1. The Kier molecular flexibility index (Phi) is 4.23. The molecule has 2 aliphatic rings. The van der Waals surface area contributed by atoms with Gasteiger partial charge in [0.05, 0.1) is 11.5 Å². The molecule has 0 bridgehead atoms. The number of aromatic carboxylic acids is 1. The standard InChI is InChI=1S/C20H13ClN4O4S/c21-11-4-5-14-13(7-11)15(17(26)23-14)16-18(27)25-9-24(8-22-20(25)30-16)12-3-1-2-10(6-12)19(28)29/h1-7H,8-9H2,(H,23,26)(H,28,29)/p-1/b16-15-. The Morgan fingerprint density at radius 1 is 1.20 bits per heavy atom. The van der Waals surface area contributed by atoms with Gasteiger partial charge in [-0.3, -0.25) is 14.2 Å². The first-order valence-corrected chi connectivity index (χ1v) is 10.1. The van der Waals surface area contributed by atoms with Crippen LogP contribution in [0.1, 0.15) is 15.9 Å². The summed E-state index contributed by atoms with van der Waals surface area (Å²) < 4.78 is 1.76. The number of amides is 1. The van der Waals surface area contributed by atoms with E-state index in [0.29, 0.717) is 26.8 Å². The molecule has 30 heavy (non-hydrogen) atoms. The number of rotatable bonds is 2. The lowest BCUT2D eigenvalue weighted by molar-refractivity contribution is -0.255. The highest BCUT2D eigenvalue weighted by molar-refractivity contribution is 7.07. The highest BCUT2D eigenvalue weighted by Crippen LogP contribution is 2.32. The van der Waals surface area contributed by atoms with Crippen molar-refractivity contribution < 1.29 is 14.7 Å². The minimum atomic E-state index is -1.28. The normalized spacial score (nSPS) is 16.6. The fourth-order valence-electron chi connectivity index (χ4n) is 3.52. The number of hydrogen-bond acceptors (Lipinski definition) is 7. The van der Waals surface area contributed by atoms with Gasteiger partial charge in [-0.2, -0.15) is 0 Å². The molecule has 0 aliphatic carbocycles. The lowest BCUT2D eigenvalue weighted by atomic mass is 10.1. The molecule has 0 saturated carbocycles. The molecule has 0 fully saturated rings. The van der Waals surface area contributed by atoms with Crippen LogP contribution < -0.4 is 30.2 Å². The number of halogens is 1. The zero-order valence-electron chi connectivity index (χ0n) is 15.2. The van der Waals surface area contributed by atoms with Crippen molar-refractivity contribution in [2.75, 3.05) is 16.9 Å². The van der Waals surface area contributed by atoms with Crippen LogP contribution in [0.15, 0.2) is 52.3 Å². The molecule has 0 radical (unpaired) electrons. The third kappa shape index (κ3) is 2.90. The van der Waals surface area contributed by atoms with E-state index in [-0.39, 0.29) is 40.5 Å². The molecule has 2 aliphatic heterocycles. The second-order valence-electron chi connectivity index (χ2n) is 6.78. The van der Waals surface area contributed by atoms with E-state index in [0.717, 1.165) is 11.3 Å². The number of aromatic nitrogens is 1. The van der Waals surface area contributed by atoms with E-state index < -0.39 is 5.97 Å². The van der Waals surface area contributed by atoms with Crippen molar-refractivity contribution in [3.8, 4) is 0 Å². The van der Waals surface area contributed by atoms with Gasteiger partial charge >= 0.3 is 0 Å². The summed E-state index contributed by atoms with van der Waals surface area (Å²) in [5.74, 6) is -1.63. The number of thiazole rings is 1. The molecule has 3 aromatic rings. The zero-order valence-corrected chi connectivity index (χ0v) is 16.8. The average molecular weight is 440 g/mol. The second kappa shape index (κ2) is 6.82. The largest absolute Gasteiger partial charge is 0.545 e. The Morgan fingerprint density at radius 2 is 2.03 bits per heavy atom. The third-order valence-corrected chi connectivity index (χ3v) is 6.30. The topological polar surface area (TPSA) is 107 Å². The van der Waals surface area contributed by atoms with Gasteiger partial charge in [-0.15, -0.1) is 0 Å². The molecule has 0 spiro atoms. The van der Waals surface area contributed by atoms with Gasteiger partial charge < -0.3 is 20.1 Å². The molecule has 1 aromatic heterocycles. The summed E-state index contributed by atoms with van der Waals surface area (Å²) in [4.78, 5) is 43.6. The lowest BCUT2D eigenvalue weighted by Crippen LogP contribution is -2.43. The number of benzene rings is 2. The van der Waals surface area contributed by atoms with Gasteiger partial charge in [0.1, 0.15) is 17.9 Å². The number of nitrogens with zero attached hydrogens (tertiary/aromatic N) is 3. The Balaban J connectivity index is 1.62. The quantitative estimate of drug-likeness (QED) is 0.611. The van der Waals surface area contributed by atoms with Gasteiger partial charge in [0.2, 0.25) is 0 Å². The maximum absolute atomic E-state index is 13.1. The highest BCUT2D eigenvalue weighted by Gasteiger charge is 2.28. The molecule has 5 rings (SSSR count). The summed E-state index contributed by atoms with van der Waals surface area (Å²) in [6.45, 7) is 0.432.